The van der Waals surface area contributed by atoms with E-state index in [1.807, 2.05) is 24.3 Å². The molecule has 0 heterocycles. The highest BCUT2D eigenvalue weighted by molar-refractivity contribution is 5.31. The van der Waals surface area contributed by atoms with Crippen LogP contribution >= 0.6 is 0 Å². The van der Waals surface area contributed by atoms with Gasteiger partial charge in [-0.25, -0.2) is 0 Å². The highest BCUT2D eigenvalue weighted by atomic mass is 16.5. The first-order valence-electron chi connectivity index (χ1n) is 9.29. The summed E-state index contributed by atoms with van der Waals surface area (Å²) in [4.78, 5) is 0. The van der Waals surface area contributed by atoms with Crippen molar-refractivity contribution < 1.29 is 9.47 Å². The molecule has 1 saturated carbocycles. The summed E-state index contributed by atoms with van der Waals surface area (Å²) in [5.41, 5.74) is 0. The maximum atomic E-state index is 5.74. The molecule has 3 heteroatoms. The molecule has 23 heavy (non-hydrogen) atoms. The van der Waals surface area contributed by atoms with Crippen molar-refractivity contribution in [2.75, 3.05) is 26.8 Å². The zero-order chi connectivity index (χ0) is 16.3. The van der Waals surface area contributed by atoms with Gasteiger partial charge in [0.25, 0.3) is 0 Å². The van der Waals surface area contributed by atoms with Gasteiger partial charge in [0.05, 0.1) is 7.11 Å². The van der Waals surface area contributed by atoms with Crippen LogP contribution in [-0.2, 0) is 0 Å². The van der Waals surface area contributed by atoms with Gasteiger partial charge < -0.3 is 14.8 Å². The van der Waals surface area contributed by atoms with Crippen LogP contribution in [0.15, 0.2) is 24.3 Å². The van der Waals surface area contributed by atoms with Crippen LogP contribution < -0.4 is 14.8 Å². The molecule has 1 fully saturated rings. The second kappa shape index (κ2) is 10.5. The Morgan fingerprint density at radius 1 is 1.00 bits per heavy atom. The molecule has 0 aliphatic heterocycles. The lowest BCUT2D eigenvalue weighted by Gasteiger charge is -2.28. The number of benzene rings is 1. The molecular weight excluding hydrogens is 286 g/mol. The van der Waals surface area contributed by atoms with E-state index < -0.39 is 0 Å². The molecule has 0 amide bonds. The topological polar surface area (TPSA) is 30.5 Å². The number of methoxy groups -OCH3 is 1. The minimum absolute atomic E-state index is 0.720. The molecule has 0 unspecified atom stereocenters. The first-order valence-corrected chi connectivity index (χ1v) is 9.29. The second-order valence-electron chi connectivity index (χ2n) is 6.76. The largest absolute Gasteiger partial charge is 0.497 e. The molecular formula is C20H33NO2. The summed E-state index contributed by atoms with van der Waals surface area (Å²) in [7, 11) is 1.68. The van der Waals surface area contributed by atoms with Gasteiger partial charge >= 0.3 is 0 Å². The van der Waals surface area contributed by atoms with Crippen molar-refractivity contribution in [3.05, 3.63) is 24.3 Å². The molecule has 0 atom stereocenters. The molecule has 0 radical (unpaired) electrons. The van der Waals surface area contributed by atoms with Crippen LogP contribution in [0.25, 0.3) is 0 Å². The van der Waals surface area contributed by atoms with Gasteiger partial charge in [-0.2, -0.15) is 0 Å². The van der Waals surface area contributed by atoms with Gasteiger partial charge in [-0.3, -0.25) is 0 Å². The molecule has 1 aliphatic carbocycles. The van der Waals surface area contributed by atoms with Crippen molar-refractivity contribution in [3.63, 3.8) is 0 Å². The Hall–Kier alpha value is -1.22. The van der Waals surface area contributed by atoms with E-state index in [9.17, 15) is 0 Å². The smallest absolute Gasteiger partial charge is 0.119 e. The number of ether oxygens (including phenoxy) is 2. The molecule has 0 saturated heterocycles. The van der Waals surface area contributed by atoms with E-state index in [1.54, 1.807) is 7.11 Å². The summed E-state index contributed by atoms with van der Waals surface area (Å²) >= 11 is 0. The third-order valence-corrected chi connectivity index (χ3v) is 4.97. The molecule has 1 aromatic rings. The zero-order valence-corrected chi connectivity index (χ0v) is 14.9. The number of unbranched alkanes of at least 4 members (excludes halogenated alkanes) is 1. The van der Waals surface area contributed by atoms with Crippen molar-refractivity contribution in [2.45, 2.75) is 51.9 Å². The van der Waals surface area contributed by atoms with Gasteiger partial charge in [0.2, 0.25) is 0 Å². The van der Waals surface area contributed by atoms with Crippen LogP contribution in [0.3, 0.4) is 0 Å². The van der Waals surface area contributed by atoms with Crippen LogP contribution in [0.2, 0.25) is 0 Å². The van der Waals surface area contributed by atoms with Gasteiger partial charge in [0, 0.05) is 6.54 Å². The normalized spacial score (nSPS) is 21.1. The van der Waals surface area contributed by atoms with Gasteiger partial charge in [-0.15, -0.1) is 0 Å². The lowest BCUT2D eigenvalue weighted by atomic mass is 9.80. The van der Waals surface area contributed by atoms with Crippen LogP contribution in [0.1, 0.15) is 51.9 Å². The van der Waals surface area contributed by atoms with Crippen LogP contribution in [0.5, 0.6) is 11.5 Å². The summed E-state index contributed by atoms with van der Waals surface area (Å²) < 4.78 is 10.9. The summed E-state index contributed by atoms with van der Waals surface area (Å²) in [6.45, 7) is 5.08. The van der Waals surface area contributed by atoms with Crippen LogP contribution in [-0.4, -0.2) is 26.8 Å². The van der Waals surface area contributed by atoms with Gasteiger partial charge in [-0.1, -0.05) is 39.0 Å². The molecule has 0 aromatic heterocycles. The van der Waals surface area contributed by atoms with Crippen molar-refractivity contribution in [1.82, 2.24) is 5.32 Å². The van der Waals surface area contributed by atoms with E-state index in [1.165, 1.54) is 44.9 Å². The Bertz CT molecular complexity index is 410. The van der Waals surface area contributed by atoms with E-state index in [2.05, 4.69) is 12.2 Å². The van der Waals surface area contributed by atoms with Crippen LogP contribution in [0.4, 0.5) is 0 Å². The number of rotatable bonds is 10. The monoisotopic (exact) mass is 319 g/mol. The average Bonchev–Trinajstić information content (AvgIpc) is 2.61. The lowest BCUT2D eigenvalue weighted by Crippen LogP contribution is -2.29. The number of nitrogens with one attached hydrogen (secondary N) is 1. The maximum Gasteiger partial charge on any atom is 0.119 e. The summed E-state index contributed by atoms with van der Waals surface area (Å²) in [6, 6.07) is 7.77. The van der Waals surface area contributed by atoms with Crippen molar-refractivity contribution in [1.29, 1.82) is 0 Å². The standard InChI is InChI=1S/C20H33NO2/c1-3-4-5-17-6-8-18(9-7-17)16-21-14-15-23-20-12-10-19(22-2)11-13-20/h10-13,17-18,21H,3-9,14-16H2,1-2H3. The Kier molecular flexibility index (Phi) is 8.30. The number of hydrogen-bond acceptors (Lipinski definition) is 3. The summed E-state index contributed by atoms with van der Waals surface area (Å²) in [5, 5.41) is 3.56. The Morgan fingerprint density at radius 3 is 2.30 bits per heavy atom. The molecule has 1 aromatic carbocycles. The Morgan fingerprint density at radius 2 is 1.65 bits per heavy atom. The third-order valence-electron chi connectivity index (χ3n) is 4.97. The van der Waals surface area contributed by atoms with E-state index >= 15 is 0 Å². The summed E-state index contributed by atoms with van der Waals surface area (Å²) in [6.07, 6.45) is 9.89. The van der Waals surface area contributed by atoms with Gasteiger partial charge in [0.1, 0.15) is 18.1 Å². The fourth-order valence-corrected chi connectivity index (χ4v) is 3.44. The second-order valence-corrected chi connectivity index (χ2v) is 6.76. The zero-order valence-electron chi connectivity index (χ0n) is 14.9. The van der Waals surface area contributed by atoms with Crippen molar-refractivity contribution in [2.24, 2.45) is 11.8 Å². The first-order chi connectivity index (χ1) is 11.3. The third kappa shape index (κ3) is 6.82. The minimum atomic E-state index is 0.720. The van der Waals surface area contributed by atoms with Gasteiger partial charge in [0.15, 0.2) is 0 Å². The van der Waals surface area contributed by atoms with E-state index in [-0.39, 0.29) is 0 Å². The SMILES string of the molecule is CCCCC1CCC(CNCCOc2ccc(OC)cc2)CC1. The van der Waals surface area contributed by atoms with E-state index in [0.29, 0.717) is 0 Å². The first kappa shape index (κ1) is 18.1. The Balaban J connectivity index is 1.51. The highest BCUT2D eigenvalue weighted by Crippen LogP contribution is 2.31. The average molecular weight is 319 g/mol. The number of hydrogen-bond donors (Lipinski definition) is 1. The van der Waals surface area contributed by atoms with E-state index in [4.69, 9.17) is 9.47 Å². The molecule has 0 spiro atoms. The predicted molar refractivity (Wildman–Crippen MR) is 96.3 cm³/mol. The fourth-order valence-electron chi connectivity index (χ4n) is 3.44. The van der Waals surface area contributed by atoms with Crippen molar-refractivity contribution in [3.8, 4) is 11.5 Å². The minimum Gasteiger partial charge on any atom is -0.497 e. The maximum absolute atomic E-state index is 5.74. The molecule has 130 valence electrons. The van der Waals surface area contributed by atoms with E-state index in [0.717, 1.165) is 43.0 Å². The molecule has 2 rings (SSSR count). The lowest BCUT2D eigenvalue weighted by molar-refractivity contribution is 0.247. The predicted octanol–water partition coefficient (Wildman–Crippen LogP) is 4.66. The van der Waals surface area contributed by atoms with Gasteiger partial charge in [-0.05, 0) is 55.5 Å². The molecule has 3 nitrogen and oxygen atoms in total. The summed E-state index contributed by atoms with van der Waals surface area (Å²) in [5.74, 6) is 3.65. The molecule has 1 aliphatic rings. The van der Waals surface area contributed by atoms with Crippen molar-refractivity contribution >= 4 is 0 Å². The quantitative estimate of drug-likeness (QED) is 0.636. The molecule has 1 N–H and O–H groups in total. The molecule has 0 bridgehead atoms. The van der Waals surface area contributed by atoms with Crippen LogP contribution in [0, 0.1) is 11.8 Å². The Labute approximate surface area is 141 Å². The highest BCUT2D eigenvalue weighted by Gasteiger charge is 2.20. The fraction of sp³-hybridized carbons (Fsp3) is 0.700.